The van der Waals surface area contributed by atoms with Crippen molar-refractivity contribution < 1.29 is 10.2 Å². The maximum absolute atomic E-state index is 7.62. The Morgan fingerprint density at radius 3 is 1.12 bits per heavy atom. The van der Waals surface area contributed by atoms with Gasteiger partial charge in [-0.3, -0.25) is 0 Å². The Morgan fingerprint density at radius 1 is 1.00 bits per heavy atom. The SMILES string of the molecule is OCCO.[Cl][In]([Cl])[Cl]. The molecule has 0 radical (unpaired) electrons. The molecule has 0 bridgehead atoms. The molecule has 8 heavy (non-hydrogen) atoms. The van der Waals surface area contributed by atoms with Crippen molar-refractivity contribution in [2.75, 3.05) is 13.2 Å². The molecule has 0 spiro atoms. The van der Waals surface area contributed by atoms with Gasteiger partial charge in [-0.2, -0.15) is 0 Å². The Morgan fingerprint density at radius 2 is 1.12 bits per heavy atom. The van der Waals surface area contributed by atoms with Gasteiger partial charge in [-0.15, -0.1) is 0 Å². The molecule has 0 saturated heterocycles. The fourth-order valence-corrected chi connectivity index (χ4v) is 0. The minimum absolute atomic E-state index is 0.125. The summed E-state index contributed by atoms with van der Waals surface area (Å²) in [5.41, 5.74) is 0. The third kappa shape index (κ3) is 48.0. The van der Waals surface area contributed by atoms with Gasteiger partial charge < -0.3 is 10.2 Å². The van der Waals surface area contributed by atoms with Crippen LogP contribution in [0.1, 0.15) is 0 Å². The second-order valence-corrected chi connectivity index (χ2v) is 15.4. The van der Waals surface area contributed by atoms with Crippen LogP contribution in [0.25, 0.3) is 0 Å². The summed E-state index contributed by atoms with van der Waals surface area (Å²) in [4.78, 5) is 0. The second kappa shape index (κ2) is 11.5. The van der Waals surface area contributed by atoms with Gasteiger partial charge in [0.05, 0.1) is 13.2 Å². The normalized spacial score (nSPS) is 7.12. The maximum atomic E-state index is 7.62. The van der Waals surface area contributed by atoms with Gasteiger partial charge in [0.1, 0.15) is 0 Å². The van der Waals surface area contributed by atoms with Crippen LogP contribution in [-0.2, 0) is 0 Å². The molecule has 0 aromatic heterocycles. The molecule has 0 unspecified atom stereocenters. The molecule has 50 valence electrons. The molecule has 0 amide bonds. The molecule has 0 heterocycles. The van der Waals surface area contributed by atoms with E-state index in [9.17, 15) is 0 Å². The van der Waals surface area contributed by atoms with Crippen molar-refractivity contribution in [3.63, 3.8) is 0 Å². The summed E-state index contributed by atoms with van der Waals surface area (Å²) in [6.45, 7) is -0.250. The van der Waals surface area contributed by atoms with E-state index in [4.69, 9.17) is 35.9 Å². The van der Waals surface area contributed by atoms with Crippen molar-refractivity contribution in [3.05, 3.63) is 0 Å². The van der Waals surface area contributed by atoms with Crippen molar-refractivity contribution in [1.29, 1.82) is 0 Å². The summed E-state index contributed by atoms with van der Waals surface area (Å²) in [5.74, 6) is 0. The number of aliphatic hydroxyl groups excluding tert-OH is 2. The fourth-order valence-electron chi connectivity index (χ4n) is 0. The van der Waals surface area contributed by atoms with Gasteiger partial charge in [0.25, 0.3) is 0 Å². The number of hydrogen-bond donors (Lipinski definition) is 2. The Balaban J connectivity index is 0. The number of rotatable bonds is 1. The van der Waals surface area contributed by atoms with Gasteiger partial charge in [-0.1, -0.05) is 0 Å². The van der Waals surface area contributed by atoms with Crippen molar-refractivity contribution in [1.82, 2.24) is 0 Å². The molecule has 0 aromatic carbocycles. The molecular weight excluding hydrogens is 277 g/mol. The first-order valence-electron chi connectivity index (χ1n) is 1.79. The third-order valence-corrected chi connectivity index (χ3v) is 0.1000. The number of hydrogen-bond acceptors (Lipinski definition) is 2. The summed E-state index contributed by atoms with van der Waals surface area (Å²) in [6, 6.07) is 0. The average Bonchev–Trinajstić information content (AvgIpc) is 1.65. The van der Waals surface area contributed by atoms with Crippen LogP contribution in [0.4, 0.5) is 0 Å². The zero-order chi connectivity index (χ0) is 6.99. The third-order valence-electron chi connectivity index (χ3n) is 0.1000. The van der Waals surface area contributed by atoms with Crippen LogP contribution in [0.15, 0.2) is 0 Å². The van der Waals surface area contributed by atoms with Gasteiger partial charge in [0.2, 0.25) is 0 Å². The summed E-state index contributed by atoms with van der Waals surface area (Å²) in [5, 5.41) is 15.2. The van der Waals surface area contributed by atoms with Crippen LogP contribution in [0.3, 0.4) is 0 Å². The van der Waals surface area contributed by atoms with E-state index in [-0.39, 0.29) is 13.2 Å². The Labute approximate surface area is 66.6 Å². The molecule has 2 nitrogen and oxygen atoms in total. The van der Waals surface area contributed by atoms with Crippen molar-refractivity contribution >= 4 is 43.6 Å². The van der Waals surface area contributed by atoms with E-state index < -0.39 is 17.9 Å². The van der Waals surface area contributed by atoms with Crippen LogP contribution in [0.5, 0.6) is 0 Å². The average molecular weight is 283 g/mol. The van der Waals surface area contributed by atoms with Crippen LogP contribution in [0.2, 0.25) is 0 Å². The first-order valence-corrected chi connectivity index (χ1v) is 14.3. The van der Waals surface area contributed by atoms with E-state index in [1.165, 1.54) is 0 Å². The Kier molecular flexibility index (Phi) is 17.7. The number of aliphatic hydroxyl groups is 2. The summed E-state index contributed by atoms with van der Waals surface area (Å²) < 4.78 is 0. The van der Waals surface area contributed by atoms with Gasteiger partial charge in [0.15, 0.2) is 0 Å². The van der Waals surface area contributed by atoms with Crippen LogP contribution in [-0.4, -0.2) is 41.3 Å². The molecule has 0 rings (SSSR count). The molecular formula is C2H6Cl3InO2. The van der Waals surface area contributed by atoms with E-state index in [1.807, 2.05) is 0 Å². The van der Waals surface area contributed by atoms with E-state index >= 15 is 0 Å². The molecule has 0 fully saturated rings. The minimum atomic E-state index is -2.22. The first-order chi connectivity index (χ1) is 3.65. The van der Waals surface area contributed by atoms with Crippen LogP contribution < -0.4 is 0 Å². The Bertz CT molecular complexity index is 31.7. The second-order valence-electron chi connectivity index (χ2n) is 0.695. The van der Waals surface area contributed by atoms with Gasteiger partial charge in [-0.25, -0.2) is 0 Å². The molecule has 0 aliphatic carbocycles. The molecule has 0 saturated carbocycles. The Hall–Kier alpha value is 1.66. The van der Waals surface area contributed by atoms with E-state index in [0.29, 0.717) is 0 Å². The van der Waals surface area contributed by atoms with E-state index in [1.54, 1.807) is 0 Å². The van der Waals surface area contributed by atoms with Gasteiger partial charge >= 0.3 is 43.6 Å². The quantitative estimate of drug-likeness (QED) is 0.742. The fraction of sp³-hybridized carbons (Fsp3) is 1.00. The van der Waals surface area contributed by atoms with Crippen LogP contribution in [0, 0.1) is 0 Å². The van der Waals surface area contributed by atoms with Gasteiger partial charge in [0, 0.05) is 0 Å². The van der Waals surface area contributed by atoms with E-state index in [0.717, 1.165) is 0 Å². The van der Waals surface area contributed by atoms with E-state index in [2.05, 4.69) is 0 Å². The zero-order valence-corrected chi connectivity index (χ0v) is 9.58. The van der Waals surface area contributed by atoms with Crippen molar-refractivity contribution in [2.45, 2.75) is 0 Å². The predicted molar refractivity (Wildman–Crippen MR) is 37.5 cm³/mol. The first kappa shape index (κ1) is 12.3. The molecule has 0 atom stereocenters. The molecule has 0 aliphatic rings. The van der Waals surface area contributed by atoms with Crippen molar-refractivity contribution in [2.24, 2.45) is 0 Å². The van der Waals surface area contributed by atoms with Crippen LogP contribution >= 0.6 is 25.7 Å². The molecule has 0 aliphatic heterocycles. The summed E-state index contributed by atoms with van der Waals surface area (Å²) >= 11 is -2.22. The monoisotopic (exact) mass is 282 g/mol. The van der Waals surface area contributed by atoms with Crippen molar-refractivity contribution in [3.8, 4) is 0 Å². The molecule has 2 N–H and O–H groups in total. The number of halogens is 3. The summed E-state index contributed by atoms with van der Waals surface area (Å²) in [6.07, 6.45) is 0. The van der Waals surface area contributed by atoms with Gasteiger partial charge in [-0.05, 0) is 0 Å². The predicted octanol–water partition coefficient (Wildman–Crippen LogP) is 0.659. The molecule has 0 aromatic rings. The topological polar surface area (TPSA) is 40.5 Å². The molecule has 6 heteroatoms. The standard InChI is InChI=1S/C2H6O2.3ClH.In/c3-1-2-4;;;;/h3-4H,1-2H2;3*1H;/q;;;;+3/p-3. The summed E-state index contributed by atoms with van der Waals surface area (Å²) in [7, 11) is 15.0. The zero-order valence-electron chi connectivity index (χ0n) is 4.02.